The van der Waals surface area contributed by atoms with Crippen molar-refractivity contribution in [3.05, 3.63) is 12.4 Å². The lowest BCUT2D eigenvalue weighted by Crippen LogP contribution is -2.21. The summed E-state index contributed by atoms with van der Waals surface area (Å²) in [7, 11) is 0. The maximum absolute atomic E-state index is 5.61. The number of nitrogens with zero attached hydrogens (tertiary/aromatic N) is 2. The Morgan fingerprint density at radius 1 is 1.24 bits per heavy atom. The summed E-state index contributed by atoms with van der Waals surface area (Å²) in [4.78, 5) is 8.04. The third-order valence-corrected chi connectivity index (χ3v) is 3.80. The van der Waals surface area contributed by atoms with Crippen LogP contribution in [0.5, 0.6) is 0 Å². The predicted molar refractivity (Wildman–Crippen MR) is 70.7 cm³/mol. The molecule has 1 saturated carbocycles. The Hall–Kier alpha value is -1.32. The molecule has 1 aromatic heterocycles. The summed E-state index contributed by atoms with van der Waals surface area (Å²) >= 11 is 0. The first-order chi connectivity index (χ1) is 8.28. The number of nitrogens with one attached hydrogen (secondary N) is 1. The lowest BCUT2D eigenvalue weighted by Gasteiger charge is -2.27. The molecule has 1 aliphatic carbocycles. The van der Waals surface area contributed by atoms with E-state index >= 15 is 0 Å². The Labute approximate surface area is 103 Å². The van der Waals surface area contributed by atoms with Crippen LogP contribution in [0.25, 0.3) is 0 Å². The second-order valence-electron chi connectivity index (χ2n) is 5.00. The molecule has 0 bridgehead atoms. The Morgan fingerprint density at radius 2 is 1.94 bits per heavy atom. The second-order valence-corrected chi connectivity index (χ2v) is 5.00. The molecule has 0 amide bonds. The molecule has 1 aliphatic rings. The molecular weight excluding hydrogens is 212 g/mol. The highest BCUT2D eigenvalue weighted by Crippen LogP contribution is 2.30. The van der Waals surface area contributed by atoms with Crippen LogP contribution >= 0.6 is 0 Å². The van der Waals surface area contributed by atoms with E-state index in [4.69, 9.17) is 5.73 Å². The van der Waals surface area contributed by atoms with Gasteiger partial charge < -0.3 is 11.1 Å². The number of nitrogens with two attached hydrogens (primary N) is 1. The minimum Gasteiger partial charge on any atom is -0.384 e. The summed E-state index contributed by atoms with van der Waals surface area (Å²) in [5.41, 5.74) is 5.61. The van der Waals surface area contributed by atoms with Gasteiger partial charge in [-0.2, -0.15) is 0 Å². The maximum atomic E-state index is 5.61. The van der Waals surface area contributed by atoms with E-state index in [-0.39, 0.29) is 0 Å². The Kier molecular flexibility index (Phi) is 4.18. The van der Waals surface area contributed by atoms with E-state index in [2.05, 4.69) is 22.2 Å². The van der Waals surface area contributed by atoms with E-state index in [9.17, 15) is 0 Å². The zero-order valence-corrected chi connectivity index (χ0v) is 10.5. The molecule has 0 aromatic carbocycles. The summed E-state index contributed by atoms with van der Waals surface area (Å²) < 4.78 is 0. The smallest absolute Gasteiger partial charge is 0.131 e. The van der Waals surface area contributed by atoms with E-state index in [1.807, 2.05) is 0 Å². The summed E-state index contributed by atoms with van der Waals surface area (Å²) in [5, 5.41) is 3.36. The van der Waals surface area contributed by atoms with E-state index in [1.54, 1.807) is 6.07 Å². The summed E-state index contributed by atoms with van der Waals surface area (Å²) in [6.07, 6.45) is 8.29. The van der Waals surface area contributed by atoms with Crippen molar-refractivity contribution < 1.29 is 0 Å². The van der Waals surface area contributed by atoms with Crippen LogP contribution in [0.4, 0.5) is 11.6 Å². The molecule has 0 spiro atoms. The van der Waals surface area contributed by atoms with E-state index in [0.717, 1.165) is 24.2 Å². The number of hydrogen-bond acceptors (Lipinski definition) is 4. The fourth-order valence-corrected chi connectivity index (χ4v) is 2.56. The highest BCUT2D eigenvalue weighted by Gasteiger charge is 2.19. The standard InChI is InChI=1S/C13H22N4/c1-2-10-3-5-11(6-4-10)8-15-13-7-12(14)16-9-17-13/h7,9-11H,2-6,8H2,1H3,(H3,14,15,16,17). The third-order valence-electron chi connectivity index (χ3n) is 3.80. The molecule has 0 aliphatic heterocycles. The van der Waals surface area contributed by atoms with Gasteiger partial charge in [-0.1, -0.05) is 26.2 Å². The molecule has 1 aromatic rings. The van der Waals surface area contributed by atoms with Crippen molar-refractivity contribution in [1.29, 1.82) is 0 Å². The third kappa shape index (κ3) is 3.58. The van der Waals surface area contributed by atoms with Crippen LogP contribution in [0.3, 0.4) is 0 Å². The van der Waals surface area contributed by atoms with Gasteiger partial charge in [-0.15, -0.1) is 0 Å². The van der Waals surface area contributed by atoms with Gasteiger partial charge in [0.2, 0.25) is 0 Å². The maximum Gasteiger partial charge on any atom is 0.131 e. The van der Waals surface area contributed by atoms with Crippen molar-refractivity contribution >= 4 is 11.6 Å². The fourth-order valence-electron chi connectivity index (χ4n) is 2.56. The van der Waals surface area contributed by atoms with Crippen LogP contribution in [0.15, 0.2) is 12.4 Å². The van der Waals surface area contributed by atoms with Crippen molar-refractivity contribution in [2.24, 2.45) is 11.8 Å². The Bertz CT molecular complexity index is 345. The molecule has 0 saturated heterocycles. The van der Waals surface area contributed by atoms with Gasteiger partial charge in [0.05, 0.1) is 0 Å². The minimum absolute atomic E-state index is 0.525. The molecule has 0 unspecified atom stereocenters. The van der Waals surface area contributed by atoms with Gasteiger partial charge in [0.1, 0.15) is 18.0 Å². The molecule has 1 fully saturated rings. The first-order valence-electron chi connectivity index (χ1n) is 6.59. The lowest BCUT2D eigenvalue weighted by atomic mass is 9.81. The molecule has 0 radical (unpaired) electrons. The highest BCUT2D eigenvalue weighted by molar-refractivity contribution is 5.43. The Balaban J connectivity index is 1.76. The lowest BCUT2D eigenvalue weighted by molar-refractivity contribution is 0.278. The molecule has 4 nitrogen and oxygen atoms in total. The fraction of sp³-hybridized carbons (Fsp3) is 0.692. The van der Waals surface area contributed by atoms with Gasteiger partial charge in [-0.3, -0.25) is 0 Å². The zero-order valence-electron chi connectivity index (χ0n) is 10.5. The summed E-state index contributed by atoms with van der Waals surface area (Å²) in [6.45, 7) is 3.31. The van der Waals surface area contributed by atoms with Gasteiger partial charge in [0, 0.05) is 12.6 Å². The zero-order chi connectivity index (χ0) is 12.1. The van der Waals surface area contributed by atoms with Crippen molar-refractivity contribution in [3.8, 4) is 0 Å². The molecular formula is C13H22N4. The number of anilines is 2. The number of rotatable bonds is 4. The SMILES string of the molecule is CCC1CCC(CNc2cc(N)ncn2)CC1. The van der Waals surface area contributed by atoms with Crippen molar-refractivity contribution in [2.45, 2.75) is 39.0 Å². The van der Waals surface area contributed by atoms with Crippen LogP contribution < -0.4 is 11.1 Å². The van der Waals surface area contributed by atoms with E-state index < -0.39 is 0 Å². The topological polar surface area (TPSA) is 63.8 Å². The van der Waals surface area contributed by atoms with Crippen molar-refractivity contribution in [3.63, 3.8) is 0 Å². The molecule has 17 heavy (non-hydrogen) atoms. The monoisotopic (exact) mass is 234 g/mol. The van der Waals surface area contributed by atoms with Crippen molar-refractivity contribution in [2.75, 3.05) is 17.6 Å². The molecule has 0 atom stereocenters. The van der Waals surface area contributed by atoms with Crippen LogP contribution in [0.2, 0.25) is 0 Å². The molecule has 4 heteroatoms. The largest absolute Gasteiger partial charge is 0.384 e. The van der Waals surface area contributed by atoms with Gasteiger partial charge in [0.25, 0.3) is 0 Å². The van der Waals surface area contributed by atoms with Gasteiger partial charge in [-0.25, -0.2) is 9.97 Å². The molecule has 2 rings (SSSR count). The van der Waals surface area contributed by atoms with Crippen molar-refractivity contribution in [1.82, 2.24) is 9.97 Å². The average molecular weight is 234 g/mol. The number of nitrogen functional groups attached to an aromatic ring is 1. The van der Waals surface area contributed by atoms with E-state index in [0.29, 0.717) is 5.82 Å². The predicted octanol–water partition coefficient (Wildman–Crippen LogP) is 2.69. The summed E-state index contributed by atoms with van der Waals surface area (Å²) in [6, 6.07) is 1.79. The number of hydrogen-bond donors (Lipinski definition) is 2. The average Bonchev–Trinajstić information content (AvgIpc) is 2.37. The second kappa shape index (κ2) is 5.84. The minimum atomic E-state index is 0.525. The number of aromatic nitrogens is 2. The van der Waals surface area contributed by atoms with Crippen LogP contribution in [-0.4, -0.2) is 16.5 Å². The normalized spacial score (nSPS) is 24.5. The first kappa shape index (κ1) is 12.1. The molecule has 3 N–H and O–H groups in total. The van der Waals surface area contributed by atoms with Gasteiger partial charge in [0.15, 0.2) is 0 Å². The Morgan fingerprint density at radius 3 is 2.59 bits per heavy atom. The highest BCUT2D eigenvalue weighted by atomic mass is 15.0. The van der Waals surface area contributed by atoms with Gasteiger partial charge in [-0.05, 0) is 24.7 Å². The first-order valence-corrected chi connectivity index (χ1v) is 6.59. The molecule has 1 heterocycles. The van der Waals surface area contributed by atoms with Gasteiger partial charge >= 0.3 is 0 Å². The molecule has 94 valence electrons. The summed E-state index contributed by atoms with van der Waals surface area (Å²) in [5.74, 6) is 3.11. The van der Waals surface area contributed by atoms with Crippen LogP contribution in [0, 0.1) is 11.8 Å². The van der Waals surface area contributed by atoms with Crippen LogP contribution in [-0.2, 0) is 0 Å². The van der Waals surface area contributed by atoms with Crippen LogP contribution in [0.1, 0.15) is 39.0 Å². The van der Waals surface area contributed by atoms with E-state index in [1.165, 1.54) is 38.4 Å². The quantitative estimate of drug-likeness (QED) is 0.840.